The molecule has 0 aliphatic rings. The van der Waals surface area contributed by atoms with Gasteiger partial charge in [0, 0.05) is 12.8 Å². The predicted molar refractivity (Wildman–Crippen MR) is 318 cm³/mol. The number of quaternary nitrogens is 1. The van der Waals surface area contributed by atoms with Crippen LogP contribution in [0.1, 0.15) is 239 Å². The minimum absolute atomic E-state index is 0.0354. The van der Waals surface area contributed by atoms with Crippen molar-refractivity contribution in [2.24, 2.45) is 0 Å². The molecule has 75 heavy (non-hydrogen) atoms. The van der Waals surface area contributed by atoms with Crippen molar-refractivity contribution in [2.75, 3.05) is 47.5 Å². The van der Waals surface area contributed by atoms with Gasteiger partial charge in [0.2, 0.25) is 0 Å². The zero-order chi connectivity index (χ0) is 54.9. The number of nitrogens with zero attached hydrogens (tertiary/aromatic N) is 1. The van der Waals surface area contributed by atoms with E-state index < -0.39 is 26.5 Å². The first-order valence-electron chi connectivity index (χ1n) is 30.1. The number of allylic oxidation sites excluding steroid dienone is 18. The summed E-state index contributed by atoms with van der Waals surface area (Å²) in [5.41, 5.74) is 0. The van der Waals surface area contributed by atoms with Crippen molar-refractivity contribution in [3.8, 4) is 0 Å². The second kappa shape index (κ2) is 55.4. The van der Waals surface area contributed by atoms with E-state index >= 15 is 0 Å². The molecule has 0 amide bonds. The molecule has 0 bridgehead atoms. The highest BCUT2D eigenvalue weighted by Crippen LogP contribution is 2.38. The predicted octanol–water partition coefficient (Wildman–Crippen LogP) is 18.3. The van der Waals surface area contributed by atoms with Crippen LogP contribution in [0.15, 0.2) is 109 Å². The zero-order valence-corrected chi connectivity index (χ0v) is 49.6. The Hall–Kier alpha value is -3.33. The van der Waals surface area contributed by atoms with Crippen LogP contribution in [0.4, 0.5) is 0 Å². The fourth-order valence-electron chi connectivity index (χ4n) is 7.94. The minimum atomic E-state index is -4.64. The largest absolute Gasteiger partial charge is 0.756 e. The summed E-state index contributed by atoms with van der Waals surface area (Å²) in [6, 6.07) is 0. The van der Waals surface area contributed by atoms with Crippen LogP contribution in [-0.4, -0.2) is 70.0 Å². The van der Waals surface area contributed by atoms with E-state index in [1.165, 1.54) is 103 Å². The monoisotopic (exact) mass is 1070 g/mol. The van der Waals surface area contributed by atoms with Crippen molar-refractivity contribution >= 4 is 19.8 Å². The number of likely N-dealkylation sites (N-methyl/N-ethyl adjacent to an activating group) is 1. The maximum atomic E-state index is 12.8. The fourth-order valence-corrected chi connectivity index (χ4v) is 8.67. The summed E-state index contributed by atoms with van der Waals surface area (Å²) in [5, 5.41) is 0. The summed E-state index contributed by atoms with van der Waals surface area (Å²) in [7, 11) is 1.16. The molecule has 0 N–H and O–H groups in total. The molecule has 0 radical (unpaired) electrons. The first-order chi connectivity index (χ1) is 36.5. The summed E-state index contributed by atoms with van der Waals surface area (Å²) in [4.78, 5) is 37.8. The van der Waals surface area contributed by atoms with Crippen molar-refractivity contribution < 1.29 is 42.1 Å². The molecule has 0 spiro atoms. The van der Waals surface area contributed by atoms with E-state index in [0.717, 1.165) is 103 Å². The van der Waals surface area contributed by atoms with Gasteiger partial charge >= 0.3 is 11.9 Å². The molecule has 0 aromatic carbocycles. The standard InChI is InChI=1S/C65H112NO8P/c1-6-8-10-12-14-16-18-20-22-23-24-25-26-27-28-29-30-31-32-33-34-35-36-37-38-39-40-41-42-43-44-46-48-50-52-54-56-58-65(68)74-63(62-73-75(69,70)72-60-59-66(3,4)5)61-71-64(67)57-55-53-51-49-47-45-21-19-17-15-13-11-9-7-2/h8,10,14,16,20,22,24-25,27-28,30-31,33-34,36-37,39-40,63H,6-7,9,11-13,15,17-19,21,23,26,29,32,35,38,41-62H2,1-5H3/b10-8-,16-14-,22-20-,25-24-,28-27-,31-30-,34-33-,37-36-,40-39-. The Labute approximate surface area is 461 Å². The van der Waals surface area contributed by atoms with E-state index in [1.807, 2.05) is 21.1 Å². The summed E-state index contributed by atoms with van der Waals surface area (Å²) < 4.78 is 34.1. The number of esters is 2. The van der Waals surface area contributed by atoms with Crippen LogP contribution in [0.2, 0.25) is 0 Å². The SMILES string of the molecule is CC/C=C\C/C=C\C/C=C\C/C=C\C/C=C\C/C=C\C/C=C\C/C=C\C/C=C\CCCCCCCCCCCC(=O)OC(COC(=O)CCCCCCCCCCCCCCCC)COP(=O)([O-])OCC[N+](C)(C)C. The van der Waals surface area contributed by atoms with Gasteiger partial charge in [-0.3, -0.25) is 14.2 Å². The van der Waals surface area contributed by atoms with Crippen molar-refractivity contribution in [1.29, 1.82) is 0 Å². The molecule has 0 aliphatic carbocycles. The summed E-state index contributed by atoms with van der Waals surface area (Å²) >= 11 is 0. The van der Waals surface area contributed by atoms with Gasteiger partial charge in [-0.1, -0.05) is 252 Å². The first kappa shape index (κ1) is 71.7. The molecule has 0 saturated heterocycles. The molecule has 430 valence electrons. The average Bonchev–Trinajstić information content (AvgIpc) is 3.37. The quantitative estimate of drug-likeness (QED) is 0.0195. The Morgan fingerprint density at radius 3 is 1.13 bits per heavy atom. The van der Waals surface area contributed by atoms with E-state index in [0.29, 0.717) is 17.4 Å². The number of phosphoric acid groups is 1. The van der Waals surface area contributed by atoms with Crippen molar-refractivity contribution in [2.45, 2.75) is 245 Å². The smallest absolute Gasteiger partial charge is 0.306 e. The Bertz CT molecular complexity index is 1630. The molecule has 10 heteroatoms. The van der Waals surface area contributed by atoms with E-state index in [4.69, 9.17) is 18.5 Å². The van der Waals surface area contributed by atoms with Gasteiger partial charge in [0.15, 0.2) is 6.10 Å². The normalized spacial score (nSPS) is 14.1. The van der Waals surface area contributed by atoms with E-state index in [2.05, 4.69) is 123 Å². The summed E-state index contributed by atoms with van der Waals surface area (Å²) in [6.07, 6.45) is 77.1. The summed E-state index contributed by atoms with van der Waals surface area (Å²) in [5.74, 6) is -0.840. The highest BCUT2D eigenvalue weighted by atomic mass is 31.2. The number of carbonyl (C=O) groups excluding carboxylic acids is 2. The van der Waals surface area contributed by atoms with Gasteiger partial charge < -0.3 is 27.9 Å². The number of hydrogen-bond donors (Lipinski definition) is 0. The molecule has 0 aliphatic heterocycles. The van der Waals surface area contributed by atoms with Gasteiger partial charge in [0.25, 0.3) is 7.82 Å². The van der Waals surface area contributed by atoms with Gasteiger partial charge in [-0.05, 0) is 83.5 Å². The van der Waals surface area contributed by atoms with Gasteiger partial charge in [-0.2, -0.15) is 0 Å². The van der Waals surface area contributed by atoms with E-state index in [1.54, 1.807) is 0 Å². The Morgan fingerprint density at radius 1 is 0.427 bits per heavy atom. The third kappa shape index (κ3) is 59.8. The molecular formula is C65H112NO8P. The summed E-state index contributed by atoms with van der Waals surface area (Å²) in [6.45, 7) is 4.12. The number of rotatable bonds is 54. The molecule has 2 atom stereocenters. The topological polar surface area (TPSA) is 111 Å². The second-order valence-electron chi connectivity index (χ2n) is 21.0. The van der Waals surface area contributed by atoms with Crippen molar-refractivity contribution in [3.05, 3.63) is 109 Å². The van der Waals surface area contributed by atoms with Crippen molar-refractivity contribution in [1.82, 2.24) is 0 Å². The van der Waals surface area contributed by atoms with Crippen molar-refractivity contribution in [3.63, 3.8) is 0 Å². The second-order valence-corrected chi connectivity index (χ2v) is 22.4. The zero-order valence-electron chi connectivity index (χ0n) is 48.7. The van der Waals surface area contributed by atoms with Crippen LogP contribution in [0.5, 0.6) is 0 Å². The Balaban J connectivity index is 4.11. The fraction of sp³-hybridized carbons (Fsp3) is 0.692. The lowest BCUT2D eigenvalue weighted by molar-refractivity contribution is -0.870. The lowest BCUT2D eigenvalue weighted by Crippen LogP contribution is -2.37. The van der Waals surface area contributed by atoms with E-state index in [-0.39, 0.29) is 32.0 Å². The first-order valence-corrected chi connectivity index (χ1v) is 31.6. The van der Waals surface area contributed by atoms with Gasteiger partial charge in [0.05, 0.1) is 27.7 Å². The molecule has 0 fully saturated rings. The number of ether oxygens (including phenoxy) is 2. The van der Waals surface area contributed by atoms with Crippen LogP contribution in [0.3, 0.4) is 0 Å². The molecule has 9 nitrogen and oxygen atoms in total. The molecule has 0 aromatic rings. The number of unbranched alkanes of at least 4 members (excludes halogenated alkanes) is 22. The van der Waals surface area contributed by atoms with Gasteiger partial charge in [-0.25, -0.2) is 0 Å². The number of hydrogen-bond acceptors (Lipinski definition) is 8. The Morgan fingerprint density at radius 2 is 0.760 bits per heavy atom. The van der Waals surface area contributed by atoms with Crippen LogP contribution < -0.4 is 4.89 Å². The van der Waals surface area contributed by atoms with Gasteiger partial charge in [-0.15, -0.1) is 0 Å². The molecule has 0 aromatic heterocycles. The van der Waals surface area contributed by atoms with Crippen LogP contribution in [0.25, 0.3) is 0 Å². The average molecular weight is 1070 g/mol. The number of phosphoric ester groups is 1. The lowest BCUT2D eigenvalue weighted by atomic mass is 10.0. The maximum absolute atomic E-state index is 12.8. The van der Waals surface area contributed by atoms with Crippen LogP contribution in [0, 0.1) is 0 Å². The number of carbonyl (C=O) groups is 2. The van der Waals surface area contributed by atoms with Crippen LogP contribution >= 0.6 is 7.82 Å². The van der Waals surface area contributed by atoms with Gasteiger partial charge in [0.1, 0.15) is 19.8 Å². The third-order valence-electron chi connectivity index (χ3n) is 12.6. The minimum Gasteiger partial charge on any atom is -0.756 e. The Kier molecular flexibility index (Phi) is 53.0. The molecule has 0 rings (SSSR count). The molecule has 2 unspecified atom stereocenters. The lowest BCUT2D eigenvalue weighted by Gasteiger charge is -2.28. The highest BCUT2D eigenvalue weighted by Gasteiger charge is 2.22. The molecule has 0 saturated carbocycles. The molecular weight excluding hydrogens is 954 g/mol. The van der Waals surface area contributed by atoms with Crippen LogP contribution in [-0.2, 0) is 32.7 Å². The maximum Gasteiger partial charge on any atom is 0.306 e. The third-order valence-corrected chi connectivity index (χ3v) is 13.5. The highest BCUT2D eigenvalue weighted by molar-refractivity contribution is 7.45. The van der Waals surface area contributed by atoms with E-state index in [9.17, 15) is 19.0 Å². The molecule has 0 heterocycles.